The summed E-state index contributed by atoms with van der Waals surface area (Å²) in [5, 5.41) is 2.86. The molecule has 0 N–H and O–H groups in total. The summed E-state index contributed by atoms with van der Waals surface area (Å²) in [6, 6.07) is 11.7. The second-order valence-corrected chi connectivity index (χ2v) is 7.94. The maximum atomic E-state index is 11.4. The smallest absolute Gasteiger partial charge is 0.264 e. The van der Waals surface area contributed by atoms with Crippen molar-refractivity contribution >= 4 is 31.5 Å². The minimum atomic E-state index is -3.55. The highest BCUT2D eigenvalue weighted by atomic mass is 32.2. The van der Waals surface area contributed by atoms with Gasteiger partial charge >= 0.3 is 0 Å². The average Bonchev–Trinajstić information content (AvgIpc) is 3.02. The van der Waals surface area contributed by atoms with Crippen molar-refractivity contribution < 1.29 is 17.3 Å². The molecule has 1 aromatic carbocycles. The summed E-state index contributed by atoms with van der Waals surface area (Å²) in [6.45, 7) is 2.17. The van der Waals surface area contributed by atoms with Crippen LogP contribution in [0.4, 0.5) is 0 Å². The summed E-state index contributed by atoms with van der Waals surface area (Å²) in [4.78, 5) is 4.50. The third-order valence-corrected chi connectivity index (χ3v) is 5.05. The lowest BCUT2D eigenvalue weighted by Gasteiger charge is -2.13. The van der Waals surface area contributed by atoms with Crippen molar-refractivity contribution in [3.05, 3.63) is 58.6 Å². The van der Waals surface area contributed by atoms with Crippen molar-refractivity contribution in [2.75, 3.05) is 6.26 Å². The normalized spacial score (nSPS) is 11.8. The lowest BCUT2D eigenvalue weighted by atomic mass is 10.1. The molecule has 0 saturated carbocycles. The zero-order valence-corrected chi connectivity index (χ0v) is 15.0. The van der Waals surface area contributed by atoms with Gasteiger partial charge in [0.05, 0.1) is 28.8 Å². The largest absolute Gasteiger partial charge is 0.473 e. The van der Waals surface area contributed by atoms with E-state index in [0.29, 0.717) is 18.1 Å². The van der Waals surface area contributed by atoms with Gasteiger partial charge in [0.15, 0.2) is 0 Å². The van der Waals surface area contributed by atoms with Gasteiger partial charge in [-0.05, 0) is 23.9 Å². The third kappa shape index (κ3) is 3.92. The Kier molecular flexibility index (Phi) is 4.84. The number of fused-ring (bicyclic) bond motifs is 1. The van der Waals surface area contributed by atoms with Gasteiger partial charge in [-0.25, -0.2) is 4.98 Å². The SMILES string of the molecule is Cc1nc(OCc2ccccc2)c(COS(C)(=O)=O)c2ccsc12. The van der Waals surface area contributed by atoms with Crippen LogP contribution in [0.5, 0.6) is 5.88 Å². The van der Waals surface area contributed by atoms with Crippen LogP contribution in [-0.4, -0.2) is 19.7 Å². The van der Waals surface area contributed by atoms with Crippen LogP contribution in [0.1, 0.15) is 16.8 Å². The molecule has 2 aromatic heterocycles. The molecule has 0 unspecified atom stereocenters. The molecule has 0 aliphatic carbocycles. The molecule has 0 aliphatic rings. The van der Waals surface area contributed by atoms with Crippen molar-refractivity contribution in [3.63, 3.8) is 0 Å². The molecule has 126 valence electrons. The molecule has 0 radical (unpaired) electrons. The van der Waals surface area contributed by atoms with Gasteiger partial charge in [0.2, 0.25) is 5.88 Å². The van der Waals surface area contributed by atoms with Gasteiger partial charge in [-0.15, -0.1) is 11.3 Å². The number of aromatic nitrogens is 1. The quantitative estimate of drug-likeness (QED) is 0.625. The second-order valence-electron chi connectivity index (χ2n) is 5.38. The molecule has 0 amide bonds. The Morgan fingerprint density at radius 2 is 1.88 bits per heavy atom. The van der Waals surface area contributed by atoms with Gasteiger partial charge in [-0.2, -0.15) is 8.42 Å². The minimum absolute atomic E-state index is 0.0938. The van der Waals surface area contributed by atoms with E-state index < -0.39 is 10.1 Å². The fourth-order valence-corrected chi connectivity index (χ4v) is 3.57. The molecule has 3 rings (SSSR count). The van der Waals surface area contributed by atoms with Crippen molar-refractivity contribution in [1.29, 1.82) is 0 Å². The van der Waals surface area contributed by atoms with E-state index in [1.54, 1.807) is 11.3 Å². The van der Waals surface area contributed by atoms with Crippen LogP contribution in [0.15, 0.2) is 41.8 Å². The number of hydrogen-bond acceptors (Lipinski definition) is 6. The number of benzene rings is 1. The maximum absolute atomic E-state index is 11.4. The van der Waals surface area contributed by atoms with E-state index in [0.717, 1.165) is 27.6 Å². The summed E-state index contributed by atoms with van der Waals surface area (Å²) >= 11 is 1.56. The van der Waals surface area contributed by atoms with E-state index in [-0.39, 0.29) is 6.61 Å². The van der Waals surface area contributed by atoms with E-state index in [2.05, 4.69) is 4.98 Å². The van der Waals surface area contributed by atoms with E-state index >= 15 is 0 Å². The second kappa shape index (κ2) is 6.88. The highest BCUT2D eigenvalue weighted by Crippen LogP contribution is 2.33. The number of hydrogen-bond donors (Lipinski definition) is 0. The molecule has 0 aliphatic heterocycles. The first-order valence-electron chi connectivity index (χ1n) is 7.32. The number of thiophene rings is 1. The van der Waals surface area contributed by atoms with E-state index in [1.807, 2.05) is 48.7 Å². The molecule has 3 aromatic rings. The molecule has 0 bridgehead atoms. The minimum Gasteiger partial charge on any atom is -0.473 e. The number of pyridine rings is 1. The number of aryl methyl sites for hydroxylation is 1. The Balaban J connectivity index is 1.95. The summed E-state index contributed by atoms with van der Waals surface area (Å²) in [5.74, 6) is 0.408. The highest BCUT2D eigenvalue weighted by Gasteiger charge is 2.16. The van der Waals surface area contributed by atoms with Gasteiger partial charge < -0.3 is 4.74 Å². The standard InChI is InChI=1S/C17H17NO4S2/c1-12-16-14(8-9-23-16)15(11-22-24(2,19)20)17(18-12)21-10-13-6-4-3-5-7-13/h3-9H,10-11H2,1-2H3. The first kappa shape index (κ1) is 16.9. The Labute approximate surface area is 145 Å². The fraction of sp³-hybridized carbons (Fsp3) is 0.235. The summed E-state index contributed by atoms with van der Waals surface area (Å²) < 4.78 is 34.6. The van der Waals surface area contributed by atoms with Gasteiger partial charge in [0.25, 0.3) is 10.1 Å². The van der Waals surface area contributed by atoms with Crippen molar-refractivity contribution in [2.45, 2.75) is 20.1 Å². The van der Waals surface area contributed by atoms with Crippen LogP contribution < -0.4 is 4.74 Å². The molecule has 5 nitrogen and oxygen atoms in total. The van der Waals surface area contributed by atoms with Crippen molar-refractivity contribution in [1.82, 2.24) is 4.98 Å². The summed E-state index contributed by atoms with van der Waals surface area (Å²) in [6.07, 6.45) is 1.03. The molecule has 0 spiro atoms. The predicted octanol–water partition coefficient (Wildman–Crippen LogP) is 3.66. The Morgan fingerprint density at radius 1 is 1.12 bits per heavy atom. The molecule has 24 heavy (non-hydrogen) atoms. The van der Waals surface area contributed by atoms with Crippen LogP contribution in [0.25, 0.3) is 10.1 Å². The molecule has 0 saturated heterocycles. The fourth-order valence-electron chi connectivity index (χ4n) is 2.36. The Hall–Kier alpha value is -1.96. The van der Waals surface area contributed by atoms with E-state index in [9.17, 15) is 8.42 Å². The predicted molar refractivity (Wildman–Crippen MR) is 94.8 cm³/mol. The molecule has 2 heterocycles. The van der Waals surface area contributed by atoms with Gasteiger partial charge in [-0.1, -0.05) is 30.3 Å². The molecular formula is C17H17NO4S2. The van der Waals surface area contributed by atoms with Crippen LogP contribution in [0, 0.1) is 6.92 Å². The number of rotatable bonds is 6. The van der Waals surface area contributed by atoms with E-state index in [4.69, 9.17) is 8.92 Å². The first-order valence-corrected chi connectivity index (χ1v) is 10.0. The molecule has 0 atom stereocenters. The lowest BCUT2D eigenvalue weighted by Crippen LogP contribution is -2.07. The molecule has 0 fully saturated rings. The Morgan fingerprint density at radius 3 is 2.58 bits per heavy atom. The van der Waals surface area contributed by atoms with Crippen LogP contribution in [-0.2, 0) is 27.5 Å². The van der Waals surface area contributed by atoms with E-state index in [1.165, 1.54) is 0 Å². The zero-order chi connectivity index (χ0) is 17.2. The van der Waals surface area contributed by atoms with Gasteiger partial charge in [0.1, 0.15) is 6.61 Å². The van der Waals surface area contributed by atoms with Crippen molar-refractivity contribution in [3.8, 4) is 5.88 Å². The monoisotopic (exact) mass is 363 g/mol. The zero-order valence-electron chi connectivity index (χ0n) is 13.4. The van der Waals surface area contributed by atoms with Crippen LogP contribution in [0.3, 0.4) is 0 Å². The topological polar surface area (TPSA) is 65.5 Å². The van der Waals surface area contributed by atoms with Crippen LogP contribution in [0.2, 0.25) is 0 Å². The third-order valence-electron chi connectivity index (χ3n) is 3.48. The summed E-state index contributed by atoms with van der Waals surface area (Å²) in [7, 11) is -3.55. The van der Waals surface area contributed by atoms with Gasteiger partial charge in [-0.3, -0.25) is 4.18 Å². The molecular weight excluding hydrogens is 346 g/mol. The van der Waals surface area contributed by atoms with Crippen LogP contribution >= 0.6 is 11.3 Å². The van der Waals surface area contributed by atoms with Gasteiger partial charge in [0, 0.05) is 5.39 Å². The lowest BCUT2D eigenvalue weighted by molar-refractivity contribution is 0.270. The highest BCUT2D eigenvalue weighted by molar-refractivity contribution is 7.85. The van der Waals surface area contributed by atoms with Crippen molar-refractivity contribution in [2.24, 2.45) is 0 Å². The first-order chi connectivity index (χ1) is 11.4. The molecule has 7 heteroatoms. The number of ether oxygens (including phenoxy) is 1. The Bertz CT molecular complexity index is 949. The average molecular weight is 363 g/mol. The summed E-state index contributed by atoms with van der Waals surface area (Å²) in [5.41, 5.74) is 2.52. The maximum Gasteiger partial charge on any atom is 0.264 e. The number of nitrogens with zero attached hydrogens (tertiary/aromatic N) is 1.